The van der Waals surface area contributed by atoms with E-state index in [1.807, 2.05) is 29.9 Å². The third kappa shape index (κ3) is 1.16. The average Bonchev–Trinajstić information content (AvgIpc) is 2.47. The van der Waals surface area contributed by atoms with E-state index >= 15 is 0 Å². The molecule has 4 heteroatoms. The van der Waals surface area contributed by atoms with Crippen molar-refractivity contribution >= 4 is 16.9 Å². The molecule has 0 radical (unpaired) electrons. The van der Waals surface area contributed by atoms with Crippen molar-refractivity contribution in [2.24, 2.45) is 12.8 Å². The summed E-state index contributed by atoms with van der Waals surface area (Å²) in [5.41, 5.74) is 7.19. The third-order valence-electron chi connectivity index (χ3n) is 1.99. The maximum atomic E-state index is 10.8. The molecule has 0 bridgehead atoms. The van der Waals surface area contributed by atoms with E-state index in [1.54, 1.807) is 6.07 Å². The molecule has 0 saturated carbocycles. The molecule has 2 aromatic heterocycles. The topological polar surface area (TPSA) is 60.9 Å². The molecule has 0 fully saturated rings. The van der Waals surface area contributed by atoms with Gasteiger partial charge >= 0.3 is 0 Å². The van der Waals surface area contributed by atoms with Crippen LogP contribution >= 0.6 is 0 Å². The van der Waals surface area contributed by atoms with E-state index in [4.69, 9.17) is 5.73 Å². The standard InChI is InChI=1S/C9H9N3O/c1-12-5-4-6-8(12)3-2-7(11-6)9(10)13/h2-5H,1H3,(H2,10,13). The maximum Gasteiger partial charge on any atom is 0.267 e. The number of rotatable bonds is 1. The molecule has 0 atom stereocenters. The number of aryl methyl sites for hydroxylation is 1. The van der Waals surface area contributed by atoms with E-state index in [1.165, 1.54) is 0 Å². The van der Waals surface area contributed by atoms with Crippen LogP contribution < -0.4 is 5.73 Å². The minimum atomic E-state index is -0.495. The molecule has 66 valence electrons. The zero-order valence-electron chi connectivity index (χ0n) is 7.19. The van der Waals surface area contributed by atoms with Crippen LogP contribution in [0.3, 0.4) is 0 Å². The van der Waals surface area contributed by atoms with Crippen molar-refractivity contribution in [2.75, 3.05) is 0 Å². The summed E-state index contributed by atoms with van der Waals surface area (Å²) in [4.78, 5) is 14.9. The first-order valence-electron chi connectivity index (χ1n) is 3.90. The second-order valence-corrected chi connectivity index (χ2v) is 2.89. The van der Waals surface area contributed by atoms with E-state index in [2.05, 4.69) is 4.98 Å². The van der Waals surface area contributed by atoms with Crippen LogP contribution in [-0.2, 0) is 7.05 Å². The van der Waals surface area contributed by atoms with E-state index in [0.29, 0.717) is 5.69 Å². The Morgan fingerprint density at radius 3 is 2.92 bits per heavy atom. The molecule has 0 spiro atoms. The quantitative estimate of drug-likeness (QED) is 0.692. The van der Waals surface area contributed by atoms with Gasteiger partial charge in [0.1, 0.15) is 5.69 Å². The lowest BCUT2D eigenvalue weighted by atomic mass is 10.3. The minimum Gasteiger partial charge on any atom is -0.364 e. The largest absolute Gasteiger partial charge is 0.364 e. The van der Waals surface area contributed by atoms with Crippen molar-refractivity contribution in [3.05, 3.63) is 30.1 Å². The van der Waals surface area contributed by atoms with Crippen molar-refractivity contribution in [3.63, 3.8) is 0 Å². The number of hydrogen-bond donors (Lipinski definition) is 1. The van der Waals surface area contributed by atoms with Crippen LogP contribution in [0.5, 0.6) is 0 Å². The summed E-state index contributed by atoms with van der Waals surface area (Å²) in [6.07, 6.45) is 1.89. The highest BCUT2D eigenvalue weighted by Crippen LogP contribution is 2.12. The van der Waals surface area contributed by atoms with Crippen molar-refractivity contribution < 1.29 is 4.79 Å². The van der Waals surface area contributed by atoms with Crippen molar-refractivity contribution in [1.82, 2.24) is 9.55 Å². The summed E-state index contributed by atoms with van der Waals surface area (Å²) in [6.45, 7) is 0. The van der Waals surface area contributed by atoms with Gasteiger partial charge in [-0.1, -0.05) is 0 Å². The molecule has 13 heavy (non-hydrogen) atoms. The summed E-state index contributed by atoms with van der Waals surface area (Å²) in [5, 5.41) is 0. The molecule has 4 nitrogen and oxygen atoms in total. The first-order chi connectivity index (χ1) is 6.18. The molecular weight excluding hydrogens is 166 g/mol. The zero-order valence-corrected chi connectivity index (χ0v) is 7.19. The normalized spacial score (nSPS) is 10.5. The molecular formula is C9H9N3O. The summed E-state index contributed by atoms with van der Waals surface area (Å²) < 4.78 is 1.94. The van der Waals surface area contributed by atoms with Crippen LogP contribution in [0.25, 0.3) is 11.0 Å². The van der Waals surface area contributed by atoms with Crippen LogP contribution in [0.1, 0.15) is 10.5 Å². The Morgan fingerprint density at radius 1 is 1.46 bits per heavy atom. The fraction of sp³-hybridized carbons (Fsp3) is 0.111. The van der Waals surface area contributed by atoms with Gasteiger partial charge in [0, 0.05) is 13.2 Å². The SMILES string of the molecule is Cn1ccc2nc(C(N)=O)ccc21. The monoisotopic (exact) mass is 175 g/mol. The number of aromatic nitrogens is 2. The predicted octanol–water partition coefficient (Wildman–Crippen LogP) is 0.672. The number of fused-ring (bicyclic) bond motifs is 1. The average molecular weight is 175 g/mol. The second kappa shape index (κ2) is 2.58. The van der Waals surface area contributed by atoms with Gasteiger partial charge in [-0.15, -0.1) is 0 Å². The Morgan fingerprint density at radius 2 is 2.23 bits per heavy atom. The Balaban J connectivity index is 2.70. The minimum absolute atomic E-state index is 0.304. The van der Waals surface area contributed by atoms with Crippen molar-refractivity contribution in [1.29, 1.82) is 0 Å². The van der Waals surface area contributed by atoms with E-state index < -0.39 is 5.91 Å². The highest BCUT2D eigenvalue weighted by molar-refractivity contribution is 5.93. The predicted molar refractivity (Wildman–Crippen MR) is 49.2 cm³/mol. The fourth-order valence-corrected chi connectivity index (χ4v) is 1.29. The second-order valence-electron chi connectivity index (χ2n) is 2.89. The summed E-state index contributed by atoms with van der Waals surface area (Å²) in [6, 6.07) is 5.31. The highest BCUT2D eigenvalue weighted by atomic mass is 16.1. The van der Waals surface area contributed by atoms with Gasteiger partial charge in [0.05, 0.1) is 11.0 Å². The van der Waals surface area contributed by atoms with E-state index in [9.17, 15) is 4.79 Å². The molecule has 0 aromatic carbocycles. The molecule has 0 unspecified atom stereocenters. The smallest absolute Gasteiger partial charge is 0.267 e. The van der Waals surface area contributed by atoms with E-state index in [-0.39, 0.29) is 0 Å². The van der Waals surface area contributed by atoms with Gasteiger partial charge < -0.3 is 10.3 Å². The zero-order chi connectivity index (χ0) is 9.42. The summed E-state index contributed by atoms with van der Waals surface area (Å²) in [5.74, 6) is -0.495. The number of primary amides is 1. The third-order valence-corrected chi connectivity index (χ3v) is 1.99. The molecule has 1 amide bonds. The molecule has 0 aliphatic heterocycles. The van der Waals surface area contributed by atoms with Crippen molar-refractivity contribution in [3.8, 4) is 0 Å². The van der Waals surface area contributed by atoms with Crippen LogP contribution in [0.4, 0.5) is 0 Å². The number of pyridine rings is 1. The number of hydrogen-bond acceptors (Lipinski definition) is 2. The lowest BCUT2D eigenvalue weighted by Crippen LogP contribution is -2.12. The summed E-state index contributed by atoms with van der Waals surface area (Å²) in [7, 11) is 1.92. The Kier molecular flexibility index (Phi) is 1.55. The molecule has 2 rings (SSSR count). The number of carbonyl (C=O) groups is 1. The first-order valence-corrected chi connectivity index (χ1v) is 3.90. The molecule has 0 saturated heterocycles. The molecule has 0 aliphatic carbocycles. The summed E-state index contributed by atoms with van der Waals surface area (Å²) >= 11 is 0. The Labute approximate surface area is 75.0 Å². The van der Waals surface area contributed by atoms with Gasteiger partial charge in [-0.25, -0.2) is 4.98 Å². The number of nitrogens with two attached hydrogens (primary N) is 1. The molecule has 0 aliphatic rings. The van der Waals surface area contributed by atoms with Gasteiger partial charge in [0.25, 0.3) is 5.91 Å². The first kappa shape index (κ1) is 7.79. The van der Waals surface area contributed by atoms with Crippen LogP contribution in [0.2, 0.25) is 0 Å². The number of carbonyl (C=O) groups excluding carboxylic acids is 1. The lowest BCUT2D eigenvalue weighted by Gasteiger charge is -1.96. The lowest BCUT2D eigenvalue weighted by molar-refractivity contribution is 0.0996. The van der Waals surface area contributed by atoms with Crippen LogP contribution in [0.15, 0.2) is 24.4 Å². The van der Waals surface area contributed by atoms with Crippen LogP contribution in [-0.4, -0.2) is 15.5 Å². The van der Waals surface area contributed by atoms with Gasteiger partial charge in [0.2, 0.25) is 0 Å². The number of amides is 1. The Hall–Kier alpha value is -1.84. The van der Waals surface area contributed by atoms with Gasteiger partial charge in [-0.05, 0) is 18.2 Å². The molecule has 2 heterocycles. The molecule has 2 aromatic rings. The maximum absolute atomic E-state index is 10.8. The van der Waals surface area contributed by atoms with Crippen molar-refractivity contribution in [2.45, 2.75) is 0 Å². The highest BCUT2D eigenvalue weighted by Gasteiger charge is 2.04. The van der Waals surface area contributed by atoms with E-state index in [0.717, 1.165) is 11.0 Å². The van der Waals surface area contributed by atoms with Gasteiger partial charge in [-0.2, -0.15) is 0 Å². The van der Waals surface area contributed by atoms with Gasteiger partial charge in [-0.3, -0.25) is 4.79 Å². The fourth-order valence-electron chi connectivity index (χ4n) is 1.29. The van der Waals surface area contributed by atoms with Crippen LogP contribution in [0, 0.1) is 0 Å². The molecule has 2 N–H and O–H groups in total. The van der Waals surface area contributed by atoms with Gasteiger partial charge in [0.15, 0.2) is 0 Å². The Bertz CT molecular complexity index is 473. The number of nitrogens with zero attached hydrogens (tertiary/aromatic N) is 2.